The third-order valence-electron chi connectivity index (χ3n) is 5.97. The molecule has 0 saturated carbocycles. The van der Waals surface area contributed by atoms with E-state index in [1.165, 1.54) is 7.11 Å². The first kappa shape index (κ1) is 24.2. The van der Waals surface area contributed by atoms with Crippen LogP contribution in [0.15, 0.2) is 95.7 Å². The Labute approximate surface area is 223 Å². The van der Waals surface area contributed by atoms with Gasteiger partial charge in [-0.15, -0.1) is 0 Å². The molecule has 1 aliphatic rings. The molecule has 0 spiro atoms. The lowest BCUT2D eigenvalue weighted by Gasteiger charge is -2.29. The first-order valence-corrected chi connectivity index (χ1v) is 12.6. The van der Waals surface area contributed by atoms with Crippen molar-refractivity contribution < 1.29 is 9.53 Å². The molecule has 2 aromatic heterocycles. The predicted octanol–water partition coefficient (Wildman–Crippen LogP) is 5.40. The Bertz CT molecular complexity index is 1380. The summed E-state index contributed by atoms with van der Waals surface area (Å²) in [6.07, 6.45) is 3.85. The van der Waals surface area contributed by atoms with Gasteiger partial charge in [-0.2, -0.15) is 0 Å². The Morgan fingerprint density at radius 1 is 1.08 bits per heavy atom. The fourth-order valence-electron chi connectivity index (χ4n) is 4.46. The van der Waals surface area contributed by atoms with Gasteiger partial charge in [0.05, 0.1) is 11.7 Å². The first-order valence-electron chi connectivity index (χ1n) is 11.4. The fraction of sp³-hybridized carbons (Fsp3) is 0.148. The standard InChI is InChI=1S/C27H24BrN5O2S/c1-35-17-24(34)30-19-10-12-20(13-11-19)33-26(25(31-27(33)36)22-8-2-3-14-29-22)23-9-5-15-32(23)21-7-4-6-18(28)16-21/h2-16,25-26H,17H2,1H3,(H,30,34)(H,31,36). The van der Waals surface area contributed by atoms with E-state index in [0.717, 1.165) is 27.2 Å². The molecule has 9 heteroatoms. The highest BCUT2D eigenvalue weighted by Gasteiger charge is 2.42. The molecule has 2 unspecified atom stereocenters. The molecule has 3 heterocycles. The van der Waals surface area contributed by atoms with Crippen LogP contribution < -0.4 is 15.5 Å². The molecule has 1 fully saturated rings. The van der Waals surface area contributed by atoms with E-state index in [-0.39, 0.29) is 24.6 Å². The molecule has 7 nitrogen and oxygen atoms in total. The van der Waals surface area contributed by atoms with Crippen LogP contribution in [-0.2, 0) is 9.53 Å². The van der Waals surface area contributed by atoms with E-state index in [2.05, 4.69) is 65.4 Å². The van der Waals surface area contributed by atoms with Crippen molar-refractivity contribution in [2.75, 3.05) is 23.9 Å². The number of aromatic nitrogens is 2. The smallest absolute Gasteiger partial charge is 0.250 e. The SMILES string of the molecule is COCC(=O)Nc1ccc(N2C(=S)NC(c3ccccn3)C2c2cccn2-c2cccc(Br)c2)cc1. The number of amides is 1. The van der Waals surface area contributed by atoms with Gasteiger partial charge >= 0.3 is 0 Å². The van der Waals surface area contributed by atoms with Crippen LogP contribution in [0.2, 0.25) is 0 Å². The number of halogens is 1. The van der Waals surface area contributed by atoms with Gasteiger partial charge in [0.15, 0.2) is 5.11 Å². The predicted molar refractivity (Wildman–Crippen MR) is 148 cm³/mol. The van der Waals surface area contributed by atoms with Gasteiger partial charge < -0.3 is 24.8 Å². The van der Waals surface area contributed by atoms with Crippen molar-refractivity contribution in [3.8, 4) is 5.69 Å². The highest BCUT2D eigenvalue weighted by Crippen LogP contribution is 2.42. The van der Waals surface area contributed by atoms with E-state index in [1.54, 1.807) is 6.20 Å². The number of benzene rings is 2. The second-order valence-corrected chi connectivity index (χ2v) is 9.61. The summed E-state index contributed by atoms with van der Waals surface area (Å²) in [5, 5.41) is 6.93. The van der Waals surface area contributed by atoms with E-state index in [1.807, 2.05) is 60.7 Å². The number of anilines is 2. The number of hydrogen-bond donors (Lipinski definition) is 2. The molecule has 36 heavy (non-hydrogen) atoms. The lowest BCUT2D eigenvalue weighted by Crippen LogP contribution is -2.30. The van der Waals surface area contributed by atoms with Crippen LogP contribution in [0.3, 0.4) is 0 Å². The van der Waals surface area contributed by atoms with Crippen LogP contribution in [0, 0.1) is 0 Å². The number of carbonyl (C=O) groups is 1. The molecule has 0 radical (unpaired) electrons. The van der Waals surface area contributed by atoms with Gasteiger partial charge in [-0.05, 0) is 78.9 Å². The summed E-state index contributed by atoms with van der Waals surface area (Å²) < 4.78 is 8.08. The van der Waals surface area contributed by atoms with Crippen LogP contribution in [0.4, 0.5) is 11.4 Å². The molecule has 0 aliphatic carbocycles. The van der Waals surface area contributed by atoms with Crippen LogP contribution in [0.25, 0.3) is 5.69 Å². The van der Waals surface area contributed by atoms with E-state index in [0.29, 0.717) is 10.8 Å². The molecule has 0 bridgehead atoms. The van der Waals surface area contributed by atoms with Gasteiger partial charge in [-0.1, -0.05) is 28.1 Å². The van der Waals surface area contributed by atoms with Crippen molar-refractivity contribution in [1.29, 1.82) is 0 Å². The average molecular weight is 562 g/mol. The minimum Gasteiger partial charge on any atom is -0.375 e. The molecular formula is C27H24BrN5O2S. The number of methoxy groups -OCH3 is 1. The zero-order valence-corrected chi connectivity index (χ0v) is 21.9. The zero-order valence-electron chi connectivity index (χ0n) is 19.5. The summed E-state index contributed by atoms with van der Waals surface area (Å²) in [6, 6.07) is 25.6. The first-order chi connectivity index (χ1) is 17.5. The number of hydrogen-bond acceptors (Lipinski definition) is 4. The summed E-state index contributed by atoms with van der Waals surface area (Å²) in [6.45, 7) is 0.00228. The topological polar surface area (TPSA) is 71.4 Å². The number of ether oxygens (including phenoxy) is 1. The summed E-state index contributed by atoms with van der Waals surface area (Å²) in [5.74, 6) is -0.205. The van der Waals surface area contributed by atoms with E-state index in [9.17, 15) is 4.79 Å². The second-order valence-electron chi connectivity index (χ2n) is 8.31. The van der Waals surface area contributed by atoms with Crippen LogP contribution in [-0.4, -0.2) is 34.3 Å². The minimum atomic E-state index is -0.205. The Morgan fingerprint density at radius 2 is 1.92 bits per heavy atom. The number of nitrogens with zero attached hydrogens (tertiary/aromatic N) is 3. The average Bonchev–Trinajstić information content (AvgIpc) is 3.49. The van der Waals surface area contributed by atoms with E-state index in [4.69, 9.17) is 17.0 Å². The maximum atomic E-state index is 11.9. The molecule has 1 amide bonds. The van der Waals surface area contributed by atoms with Crippen LogP contribution in [0.5, 0.6) is 0 Å². The number of carbonyl (C=O) groups excluding carboxylic acids is 1. The molecule has 1 saturated heterocycles. The minimum absolute atomic E-state index is 0.00228. The molecule has 4 aromatic rings. The highest BCUT2D eigenvalue weighted by atomic mass is 79.9. The second kappa shape index (κ2) is 10.6. The molecule has 2 aromatic carbocycles. The van der Waals surface area contributed by atoms with Gasteiger partial charge in [0, 0.05) is 46.7 Å². The van der Waals surface area contributed by atoms with Crippen LogP contribution >= 0.6 is 28.1 Å². The molecule has 2 atom stereocenters. The van der Waals surface area contributed by atoms with Crippen molar-refractivity contribution >= 4 is 50.5 Å². The summed E-state index contributed by atoms with van der Waals surface area (Å²) in [4.78, 5) is 18.7. The highest BCUT2D eigenvalue weighted by molar-refractivity contribution is 9.10. The summed E-state index contributed by atoms with van der Waals surface area (Å²) >= 11 is 9.44. The van der Waals surface area contributed by atoms with Crippen molar-refractivity contribution in [2.24, 2.45) is 0 Å². The maximum absolute atomic E-state index is 11.9. The van der Waals surface area contributed by atoms with Crippen molar-refractivity contribution in [1.82, 2.24) is 14.9 Å². The fourth-order valence-corrected chi connectivity index (χ4v) is 5.20. The molecule has 2 N–H and O–H groups in total. The van der Waals surface area contributed by atoms with E-state index < -0.39 is 0 Å². The Balaban J connectivity index is 1.56. The summed E-state index contributed by atoms with van der Waals surface area (Å²) in [7, 11) is 1.49. The molecular weight excluding hydrogens is 538 g/mol. The van der Waals surface area contributed by atoms with Crippen molar-refractivity contribution in [3.63, 3.8) is 0 Å². The number of thiocarbonyl (C=S) groups is 1. The Morgan fingerprint density at radius 3 is 2.64 bits per heavy atom. The molecule has 182 valence electrons. The number of pyridine rings is 1. The Kier molecular flexibility index (Phi) is 7.13. The number of nitrogens with one attached hydrogen (secondary N) is 2. The Hall–Kier alpha value is -3.53. The molecule has 1 aliphatic heterocycles. The summed E-state index contributed by atoms with van der Waals surface area (Å²) in [5.41, 5.74) is 4.60. The quantitative estimate of drug-likeness (QED) is 0.294. The third-order valence-corrected chi connectivity index (χ3v) is 6.78. The lowest BCUT2D eigenvalue weighted by molar-refractivity contribution is -0.119. The van der Waals surface area contributed by atoms with Gasteiger partial charge in [-0.3, -0.25) is 9.78 Å². The molecule has 5 rings (SSSR count). The van der Waals surface area contributed by atoms with Crippen LogP contribution in [0.1, 0.15) is 23.5 Å². The number of rotatable bonds is 7. The van der Waals surface area contributed by atoms with Gasteiger partial charge in [0.1, 0.15) is 12.6 Å². The van der Waals surface area contributed by atoms with Gasteiger partial charge in [0.25, 0.3) is 0 Å². The zero-order chi connectivity index (χ0) is 25.1. The van der Waals surface area contributed by atoms with Crippen molar-refractivity contribution in [3.05, 3.63) is 107 Å². The normalized spacial score (nSPS) is 17.2. The third kappa shape index (κ3) is 4.90. The monoisotopic (exact) mass is 561 g/mol. The lowest BCUT2D eigenvalue weighted by atomic mass is 10.0. The van der Waals surface area contributed by atoms with Gasteiger partial charge in [-0.25, -0.2) is 0 Å². The van der Waals surface area contributed by atoms with E-state index >= 15 is 0 Å². The van der Waals surface area contributed by atoms with Gasteiger partial charge in [0.2, 0.25) is 5.91 Å². The maximum Gasteiger partial charge on any atom is 0.250 e. The largest absolute Gasteiger partial charge is 0.375 e. The van der Waals surface area contributed by atoms with Crippen molar-refractivity contribution in [2.45, 2.75) is 12.1 Å².